The van der Waals surface area contributed by atoms with Gasteiger partial charge in [0.15, 0.2) is 0 Å². The lowest BCUT2D eigenvalue weighted by Gasteiger charge is -2.09. The molecule has 1 heterocycles. The van der Waals surface area contributed by atoms with E-state index in [1.807, 2.05) is 0 Å². The molecule has 0 radical (unpaired) electrons. The van der Waals surface area contributed by atoms with Crippen LogP contribution in [0.25, 0.3) is 0 Å². The van der Waals surface area contributed by atoms with Crippen LogP contribution in [0.5, 0.6) is 0 Å². The molecule has 0 aliphatic carbocycles. The second kappa shape index (κ2) is 5.43. The van der Waals surface area contributed by atoms with Gasteiger partial charge in [0.1, 0.15) is 10.6 Å². The highest BCUT2D eigenvalue weighted by atomic mass is 35.5. The van der Waals surface area contributed by atoms with Crippen LogP contribution in [-0.4, -0.2) is 18.3 Å². The number of nitro benzene ring substituents is 1. The quantitative estimate of drug-likeness (QED) is 0.690. The predicted molar refractivity (Wildman–Crippen MR) is 73.2 cm³/mol. The summed E-state index contributed by atoms with van der Waals surface area (Å²) in [5.41, 5.74) is -0.492. The summed E-state index contributed by atoms with van der Waals surface area (Å²) in [5, 5.41) is 10.8. The van der Waals surface area contributed by atoms with Crippen LogP contribution in [0.3, 0.4) is 0 Å². The Kier molecular flexibility index (Phi) is 3.86. The van der Waals surface area contributed by atoms with Gasteiger partial charge >= 0.3 is 0 Å². The van der Waals surface area contributed by atoms with Crippen molar-refractivity contribution in [1.82, 2.24) is 4.98 Å². The third-order valence-electron chi connectivity index (χ3n) is 2.37. The van der Waals surface area contributed by atoms with Crippen molar-refractivity contribution in [3.8, 4) is 0 Å². The largest absolute Gasteiger partial charge is 0.293 e. The number of nitrogens with one attached hydrogen (secondary N) is 1. The molecule has 0 saturated heterocycles. The molecule has 20 heavy (non-hydrogen) atoms. The maximum atomic E-state index is 12.1. The van der Waals surface area contributed by atoms with Gasteiger partial charge in [-0.2, -0.15) is 0 Å². The summed E-state index contributed by atoms with van der Waals surface area (Å²) in [5.74, 6) is 0. The highest BCUT2D eigenvalue weighted by Gasteiger charge is 2.22. The zero-order valence-electron chi connectivity index (χ0n) is 9.86. The van der Waals surface area contributed by atoms with Crippen LogP contribution in [0.2, 0.25) is 5.02 Å². The monoisotopic (exact) mass is 313 g/mol. The minimum absolute atomic E-state index is 0.0221. The Morgan fingerprint density at radius 3 is 2.60 bits per heavy atom. The van der Waals surface area contributed by atoms with Gasteiger partial charge in [0.05, 0.1) is 9.95 Å². The summed E-state index contributed by atoms with van der Waals surface area (Å²) in [4.78, 5) is 13.6. The van der Waals surface area contributed by atoms with E-state index in [0.29, 0.717) is 0 Å². The van der Waals surface area contributed by atoms with Crippen LogP contribution in [-0.2, 0) is 10.0 Å². The van der Waals surface area contributed by atoms with E-state index >= 15 is 0 Å². The molecule has 1 aromatic heterocycles. The van der Waals surface area contributed by atoms with E-state index in [1.165, 1.54) is 36.5 Å². The number of nitro groups is 1. The van der Waals surface area contributed by atoms with Crippen molar-refractivity contribution in [2.75, 3.05) is 4.72 Å². The van der Waals surface area contributed by atoms with Crippen molar-refractivity contribution in [2.45, 2.75) is 4.90 Å². The average molecular weight is 314 g/mol. The number of para-hydroxylation sites is 2. The van der Waals surface area contributed by atoms with Crippen LogP contribution >= 0.6 is 11.6 Å². The first-order valence-corrected chi connectivity index (χ1v) is 7.13. The Labute approximate surface area is 119 Å². The molecule has 0 amide bonds. The SMILES string of the molecule is O=[N+]([O-])c1ccccc1NS(=O)(=O)c1cnccc1Cl. The topological polar surface area (TPSA) is 102 Å². The summed E-state index contributed by atoms with van der Waals surface area (Å²) in [7, 11) is -4.05. The number of benzene rings is 1. The van der Waals surface area contributed by atoms with E-state index in [0.717, 1.165) is 6.20 Å². The lowest BCUT2D eigenvalue weighted by molar-refractivity contribution is -0.383. The maximum absolute atomic E-state index is 12.1. The maximum Gasteiger partial charge on any atom is 0.293 e. The zero-order valence-corrected chi connectivity index (χ0v) is 11.4. The summed E-state index contributed by atoms with van der Waals surface area (Å²) in [6.45, 7) is 0. The van der Waals surface area contributed by atoms with E-state index in [2.05, 4.69) is 9.71 Å². The van der Waals surface area contributed by atoms with E-state index < -0.39 is 14.9 Å². The second-order valence-corrected chi connectivity index (χ2v) is 5.74. The molecule has 0 atom stereocenters. The fraction of sp³-hybridized carbons (Fsp3) is 0. The minimum atomic E-state index is -4.05. The number of anilines is 1. The van der Waals surface area contributed by atoms with Crippen LogP contribution in [0.15, 0.2) is 47.6 Å². The van der Waals surface area contributed by atoms with Crippen molar-refractivity contribution < 1.29 is 13.3 Å². The van der Waals surface area contributed by atoms with Crippen molar-refractivity contribution in [1.29, 1.82) is 0 Å². The fourth-order valence-electron chi connectivity index (χ4n) is 1.48. The van der Waals surface area contributed by atoms with Gasteiger partial charge in [-0.3, -0.25) is 19.8 Å². The average Bonchev–Trinajstić information content (AvgIpc) is 2.39. The molecule has 0 bridgehead atoms. The number of halogens is 1. The Hall–Kier alpha value is -2.19. The van der Waals surface area contributed by atoms with Crippen LogP contribution < -0.4 is 4.72 Å². The van der Waals surface area contributed by atoms with Crippen LogP contribution in [0.4, 0.5) is 11.4 Å². The Morgan fingerprint density at radius 2 is 1.95 bits per heavy atom. The van der Waals surface area contributed by atoms with Gasteiger partial charge in [-0.15, -0.1) is 0 Å². The second-order valence-electron chi connectivity index (χ2n) is 3.69. The molecule has 1 aromatic carbocycles. The predicted octanol–water partition coefficient (Wildman–Crippen LogP) is 2.44. The molecular formula is C11H8ClN3O4S. The van der Waals surface area contributed by atoms with Crippen LogP contribution in [0, 0.1) is 10.1 Å². The molecule has 9 heteroatoms. The lowest BCUT2D eigenvalue weighted by Crippen LogP contribution is -2.14. The normalized spacial score (nSPS) is 11.1. The minimum Gasteiger partial charge on any atom is -0.273 e. The third kappa shape index (κ3) is 2.86. The Balaban J connectivity index is 2.45. The highest BCUT2D eigenvalue weighted by Crippen LogP contribution is 2.27. The van der Waals surface area contributed by atoms with Gasteiger partial charge in [0.2, 0.25) is 0 Å². The van der Waals surface area contributed by atoms with Crippen molar-refractivity contribution >= 4 is 33.0 Å². The van der Waals surface area contributed by atoms with Crippen LogP contribution in [0.1, 0.15) is 0 Å². The number of rotatable bonds is 4. The molecule has 0 fully saturated rings. The Morgan fingerprint density at radius 1 is 1.25 bits per heavy atom. The highest BCUT2D eigenvalue weighted by molar-refractivity contribution is 7.92. The molecule has 0 aliphatic heterocycles. The molecule has 2 aromatic rings. The van der Waals surface area contributed by atoms with Gasteiger partial charge in [-0.25, -0.2) is 8.42 Å². The first-order valence-electron chi connectivity index (χ1n) is 5.27. The molecule has 1 N–H and O–H groups in total. The molecule has 7 nitrogen and oxygen atoms in total. The molecule has 0 unspecified atom stereocenters. The van der Waals surface area contributed by atoms with Gasteiger partial charge in [0, 0.05) is 18.5 Å². The van der Waals surface area contributed by atoms with Gasteiger partial charge < -0.3 is 0 Å². The van der Waals surface area contributed by atoms with Gasteiger partial charge in [-0.05, 0) is 12.1 Å². The summed E-state index contributed by atoms with van der Waals surface area (Å²) in [6.07, 6.45) is 2.41. The van der Waals surface area contributed by atoms with Crippen molar-refractivity contribution in [3.63, 3.8) is 0 Å². The fourth-order valence-corrected chi connectivity index (χ4v) is 2.99. The standard InChI is InChI=1S/C11H8ClN3O4S/c12-8-5-6-13-7-11(8)20(18,19)14-9-3-1-2-4-10(9)15(16)17/h1-7,14H. The number of aromatic nitrogens is 1. The molecule has 0 saturated carbocycles. The van der Waals surface area contributed by atoms with Crippen molar-refractivity contribution in [3.05, 3.63) is 57.9 Å². The Bertz CT molecular complexity index is 764. The molecule has 0 aliphatic rings. The zero-order chi connectivity index (χ0) is 14.8. The third-order valence-corrected chi connectivity index (χ3v) is 4.20. The first kappa shape index (κ1) is 14.2. The molecule has 0 spiro atoms. The lowest BCUT2D eigenvalue weighted by atomic mass is 10.3. The molecule has 104 valence electrons. The number of hydrogen-bond donors (Lipinski definition) is 1. The van der Waals surface area contributed by atoms with Crippen molar-refractivity contribution in [2.24, 2.45) is 0 Å². The van der Waals surface area contributed by atoms with E-state index in [4.69, 9.17) is 11.6 Å². The van der Waals surface area contributed by atoms with Gasteiger partial charge in [0.25, 0.3) is 15.7 Å². The number of pyridine rings is 1. The number of sulfonamides is 1. The number of hydrogen-bond acceptors (Lipinski definition) is 5. The summed E-state index contributed by atoms with van der Waals surface area (Å²) in [6, 6.07) is 6.72. The molecule has 2 rings (SSSR count). The molecular weight excluding hydrogens is 306 g/mol. The van der Waals surface area contributed by atoms with E-state index in [-0.39, 0.29) is 21.3 Å². The summed E-state index contributed by atoms with van der Waals surface area (Å²) >= 11 is 5.78. The smallest absolute Gasteiger partial charge is 0.273 e. The first-order chi connectivity index (χ1) is 9.42. The van der Waals surface area contributed by atoms with E-state index in [1.54, 1.807) is 0 Å². The van der Waals surface area contributed by atoms with Gasteiger partial charge in [-0.1, -0.05) is 23.7 Å². The number of nitrogens with zero attached hydrogens (tertiary/aromatic N) is 2. The summed E-state index contributed by atoms with van der Waals surface area (Å²) < 4.78 is 26.4. The van der Waals surface area contributed by atoms with E-state index in [9.17, 15) is 18.5 Å².